The average molecular weight is 500 g/mol. The van der Waals surface area contributed by atoms with Gasteiger partial charge in [-0.1, -0.05) is 54.6 Å². The lowest BCUT2D eigenvalue weighted by Gasteiger charge is -2.38. The zero-order valence-corrected chi connectivity index (χ0v) is 21.5. The first-order valence-corrected chi connectivity index (χ1v) is 13.2. The molecule has 7 rings (SSSR count). The van der Waals surface area contributed by atoms with Gasteiger partial charge >= 0.3 is 0 Å². The summed E-state index contributed by atoms with van der Waals surface area (Å²) in [6, 6.07) is 25.5. The maximum atomic E-state index is 6.59. The zero-order valence-electron chi connectivity index (χ0n) is 21.5. The van der Waals surface area contributed by atoms with Crippen LogP contribution in [-0.2, 0) is 5.54 Å². The minimum Gasteiger partial charge on any atom is -0.321 e. The summed E-state index contributed by atoms with van der Waals surface area (Å²) >= 11 is 0. The van der Waals surface area contributed by atoms with E-state index in [0.717, 1.165) is 63.3 Å². The minimum atomic E-state index is -0.183. The van der Waals surface area contributed by atoms with Crippen LogP contribution in [0.5, 0.6) is 0 Å². The van der Waals surface area contributed by atoms with Crippen molar-refractivity contribution in [1.82, 2.24) is 29.4 Å². The van der Waals surface area contributed by atoms with Crippen LogP contribution in [-0.4, -0.2) is 29.4 Å². The number of nitrogens with zero attached hydrogens (tertiary/aromatic N) is 6. The maximum absolute atomic E-state index is 6.59. The third-order valence-corrected chi connectivity index (χ3v) is 7.80. The fraction of sp³-hybridized carbons (Fsp3) is 0.226. The molecule has 1 aliphatic carbocycles. The van der Waals surface area contributed by atoms with E-state index in [4.69, 9.17) is 10.7 Å². The number of hydrogen-bond acceptors (Lipinski definition) is 5. The van der Waals surface area contributed by atoms with Gasteiger partial charge in [0.2, 0.25) is 0 Å². The predicted octanol–water partition coefficient (Wildman–Crippen LogP) is 6.39. The Kier molecular flexibility index (Phi) is 5.16. The average Bonchev–Trinajstić information content (AvgIpc) is 3.59. The summed E-state index contributed by atoms with van der Waals surface area (Å²) in [6.07, 6.45) is 7.16. The van der Waals surface area contributed by atoms with E-state index in [9.17, 15) is 0 Å². The lowest BCUT2D eigenvalue weighted by atomic mass is 9.72. The largest absolute Gasteiger partial charge is 0.321 e. The Hall–Kier alpha value is -4.36. The molecule has 0 amide bonds. The fourth-order valence-corrected chi connectivity index (χ4v) is 5.40. The van der Waals surface area contributed by atoms with Gasteiger partial charge in [0.05, 0.1) is 28.5 Å². The Labute approximate surface area is 221 Å². The summed E-state index contributed by atoms with van der Waals surface area (Å²) < 4.78 is 4.02. The first kappa shape index (κ1) is 22.8. The highest BCUT2D eigenvalue weighted by Gasteiger charge is 2.34. The van der Waals surface area contributed by atoms with Crippen molar-refractivity contribution in [2.24, 2.45) is 5.73 Å². The molecule has 2 N–H and O–H groups in total. The molecule has 7 heteroatoms. The molecule has 0 spiro atoms. The molecule has 4 heterocycles. The van der Waals surface area contributed by atoms with E-state index >= 15 is 0 Å². The first-order chi connectivity index (χ1) is 18.5. The molecule has 0 radical (unpaired) electrons. The van der Waals surface area contributed by atoms with E-state index in [0.29, 0.717) is 0 Å². The van der Waals surface area contributed by atoms with Crippen LogP contribution < -0.4 is 5.73 Å². The molecule has 188 valence electrons. The quantitative estimate of drug-likeness (QED) is 0.297. The standard InChI is InChI=1S/C31H29N7/c1-20(2)37-19-23(18-33-37)30-36-35-28-14-13-26-27(38(28)30)17-25(21-7-4-3-5-8-21)29(34-26)22-9-11-24(12-10-22)31(32)15-6-16-31/h3-5,7-14,17-20H,6,15-16,32H2,1-2H3. The molecule has 0 aliphatic heterocycles. The normalized spacial score (nSPS) is 14.8. The summed E-state index contributed by atoms with van der Waals surface area (Å²) in [7, 11) is 0. The summed E-state index contributed by atoms with van der Waals surface area (Å²) in [5, 5.41) is 13.5. The highest BCUT2D eigenvalue weighted by atomic mass is 15.3. The van der Waals surface area contributed by atoms with Crippen molar-refractivity contribution in [3.05, 3.63) is 90.8 Å². The molecule has 0 bridgehead atoms. The molecule has 1 aliphatic rings. The van der Waals surface area contributed by atoms with Gasteiger partial charge in [-0.25, -0.2) is 4.98 Å². The molecule has 6 aromatic rings. The third-order valence-electron chi connectivity index (χ3n) is 7.80. The van der Waals surface area contributed by atoms with Gasteiger partial charge in [0.1, 0.15) is 0 Å². The number of fused-ring (bicyclic) bond motifs is 3. The van der Waals surface area contributed by atoms with Crippen molar-refractivity contribution >= 4 is 16.7 Å². The van der Waals surface area contributed by atoms with E-state index < -0.39 is 0 Å². The molecular weight excluding hydrogens is 470 g/mol. The lowest BCUT2D eigenvalue weighted by Crippen LogP contribution is -2.43. The molecule has 0 saturated heterocycles. The Morgan fingerprint density at radius 3 is 2.34 bits per heavy atom. The number of aromatic nitrogens is 6. The van der Waals surface area contributed by atoms with Crippen molar-refractivity contribution in [3.63, 3.8) is 0 Å². The smallest absolute Gasteiger partial charge is 0.172 e. The van der Waals surface area contributed by atoms with E-state index in [1.165, 1.54) is 12.0 Å². The van der Waals surface area contributed by atoms with Gasteiger partial charge in [0.25, 0.3) is 0 Å². The Balaban J connectivity index is 1.44. The second kappa shape index (κ2) is 8.60. The van der Waals surface area contributed by atoms with Gasteiger partial charge < -0.3 is 5.73 Å². The zero-order chi connectivity index (χ0) is 25.9. The maximum Gasteiger partial charge on any atom is 0.172 e. The molecule has 1 saturated carbocycles. The highest BCUT2D eigenvalue weighted by molar-refractivity contribution is 5.92. The molecule has 4 aromatic heterocycles. The van der Waals surface area contributed by atoms with Gasteiger partial charge in [-0.2, -0.15) is 5.10 Å². The van der Waals surface area contributed by atoms with Crippen LogP contribution in [0, 0.1) is 0 Å². The summed E-state index contributed by atoms with van der Waals surface area (Å²) in [5.74, 6) is 0.754. The number of pyridine rings is 2. The number of hydrogen-bond donors (Lipinski definition) is 1. The van der Waals surface area contributed by atoms with Crippen LogP contribution in [0.4, 0.5) is 0 Å². The topological polar surface area (TPSA) is 86.9 Å². The molecule has 2 aromatic carbocycles. The van der Waals surface area contributed by atoms with Gasteiger partial charge in [-0.05, 0) is 62.4 Å². The molecule has 38 heavy (non-hydrogen) atoms. The van der Waals surface area contributed by atoms with Crippen molar-refractivity contribution in [2.45, 2.75) is 44.7 Å². The lowest BCUT2D eigenvalue weighted by molar-refractivity contribution is 0.253. The monoisotopic (exact) mass is 499 g/mol. The van der Waals surface area contributed by atoms with E-state index in [1.807, 2.05) is 35.3 Å². The first-order valence-electron chi connectivity index (χ1n) is 13.2. The molecular formula is C31H29N7. The number of benzene rings is 2. The van der Waals surface area contributed by atoms with Crippen molar-refractivity contribution in [3.8, 4) is 33.8 Å². The van der Waals surface area contributed by atoms with Gasteiger partial charge in [-0.15, -0.1) is 10.2 Å². The summed E-state index contributed by atoms with van der Waals surface area (Å²) in [4.78, 5) is 5.22. The molecule has 0 atom stereocenters. The molecule has 1 fully saturated rings. The van der Waals surface area contributed by atoms with Gasteiger partial charge in [0, 0.05) is 28.9 Å². The van der Waals surface area contributed by atoms with Crippen LogP contribution in [0.25, 0.3) is 50.5 Å². The van der Waals surface area contributed by atoms with Crippen molar-refractivity contribution in [2.75, 3.05) is 0 Å². The van der Waals surface area contributed by atoms with Crippen molar-refractivity contribution < 1.29 is 0 Å². The summed E-state index contributed by atoms with van der Waals surface area (Å²) in [6.45, 7) is 4.22. The second-order valence-electron chi connectivity index (χ2n) is 10.6. The third kappa shape index (κ3) is 3.62. The van der Waals surface area contributed by atoms with E-state index in [2.05, 4.69) is 88.1 Å². The number of nitrogens with two attached hydrogens (primary N) is 1. The Morgan fingerprint density at radius 1 is 0.868 bits per heavy atom. The van der Waals surface area contributed by atoms with E-state index in [-0.39, 0.29) is 11.6 Å². The Bertz CT molecular complexity index is 1770. The minimum absolute atomic E-state index is 0.183. The number of rotatable bonds is 5. The van der Waals surface area contributed by atoms with Gasteiger partial charge in [-0.3, -0.25) is 9.08 Å². The second-order valence-corrected chi connectivity index (χ2v) is 10.6. The SMILES string of the molecule is CC(C)n1cc(-c2nnc3ccc4nc(-c5ccc(C6(N)CCC6)cc5)c(-c5ccccc5)cc4n23)cn1. The molecule has 0 unspecified atom stereocenters. The molecule has 7 nitrogen and oxygen atoms in total. The van der Waals surface area contributed by atoms with Crippen LogP contribution in [0.1, 0.15) is 44.7 Å². The summed E-state index contributed by atoms with van der Waals surface area (Å²) in [5.41, 5.74) is 15.3. The van der Waals surface area contributed by atoms with Crippen LogP contribution >= 0.6 is 0 Å². The van der Waals surface area contributed by atoms with E-state index in [1.54, 1.807) is 0 Å². The fourth-order valence-electron chi connectivity index (χ4n) is 5.40. The van der Waals surface area contributed by atoms with Crippen LogP contribution in [0.3, 0.4) is 0 Å². The van der Waals surface area contributed by atoms with Crippen LogP contribution in [0.2, 0.25) is 0 Å². The van der Waals surface area contributed by atoms with Crippen molar-refractivity contribution in [1.29, 1.82) is 0 Å². The Morgan fingerprint density at radius 2 is 1.66 bits per heavy atom. The van der Waals surface area contributed by atoms with Gasteiger partial charge in [0.15, 0.2) is 11.5 Å². The van der Waals surface area contributed by atoms with Crippen LogP contribution in [0.15, 0.2) is 85.2 Å². The highest BCUT2D eigenvalue weighted by Crippen LogP contribution is 2.40. The predicted molar refractivity (Wildman–Crippen MR) is 150 cm³/mol.